The molecule has 1 N–H and O–H groups in total. The van der Waals surface area contributed by atoms with Crippen LogP contribution in [0.3, 0.4) is 0 Å². The molecule has 0 atom stereocenters. The first kappa shape index (κ1) is 11.3. The molecule has 0 aliphatic carbocycles. The molecule has 90 valence electrons. The van der Waals surface area contributed by atoms with Crippen LogP contribution in [0.1, 0.15) is 0 Å². The van der Waals surface area contributed by atoms with Crippen LogP contribution in [-0.4, -0.2) is 9.67 Å². The van der Waals surface area contributed by atoms with Gasteiger partial charge in [-0.1, -0.05) is 42.3 Å². The molecule has 0 fully saturated rings. The van der Waals surface area contributed by atoms with Crippen molar-refractivity contribution in [1.82, 2.24) is 4.57 Å². The second kappa shape index (κ2) is 4.80. The number of hydrogen-bond acceptors (Lipinski definition) is 1. The van der Waals surface area contributed by atoms with Crippen LogP contribution in [0.25, 0.3) is 21.8 Å². The summed E-state index contributed by atoms with van der Waals surface area (Å²) in [6.07, 6.45) is 1.79. The normalized spacial score (nSPS) is 9.68. The van der Waals surface area contributed by atoms with Crippen LogP contribution in [0.5, 0.6) is 0 Å². The highest BCUT2D eigenvalue weighted by atomic mass is 16.2. The molecule has 0 spiro atoms. The smallest absolute Gasteiger partial charge is 0.122 e. The van der Waals surface area contributed by atoms with Gasteiger partial charge >= 0.3 is 0 Å². The van der Waals surface area contributed by atoms with E-state index in [2.05, 4.69) is 46.6 Å². The summed E-state index contributed by atoms with van der Waals surface area (Å²) < 4.78 is 2.16. The highest BCUT2D eigenvalue weighted by Gasteiger charge is 2.07. The van der Waals surface area contributed by atoms with Crippen molar-refractivity contribution in [3.63, 3.8) is 0 Å². The molecule has 0 radical (unpaired) electrons. The lowest BCUT2D eigenvalue weighted by atomic mass is 10.2. The summed E-state index contributed by atoms with van der Waals surface area (Å²) in [7, 11) is 0. The van der Waals surface area contributed by atoms with Gasteiger partial charge in [0.05, 0.1) is 6.54 Å². The van der Waals surface area contributed by atoms with Crippen molar-refractivity contribution in [2.24, 2.45) is 0 Å². The molecule has 1 aromatic heterocycles. The zero-order chi connectivity index (χ0) is 13.1. The predicted molar refractivity (Wildman–Crippen MR) is 76.9 cm³/mol. The van der Waals surface area contributed by atoms with Gasteiger partial charge in [-0.05, 0) is 18.1 Å². The van der Waals surface area contributed by atoms with Gasteiger partial charge in [0.2, 0.25) is 0 Å². The maximum Gasteiger partial charge on any atom is 0.122 e. The van der Waals surface area contributed by atoms with Gasteiger partial charge < -0.3 is 9.67 Å². The van der Waals surface area contributed by atoms with E-state index in [0.29, 0.717) is 6.54 Å². The summed E-state index contributed by atoms with van der Waals surface area (Å²) >= 11 is 0. The minimum atomic E-state index is 0.558. The average molecular weight is 245 g/mol. The lowest BCUT2D eigenvalue weighted by molar-refractivity contribution is 0.517. The Balaban J connectivity index is 2.24. The molecular weight excluding hydrogens is 234 g/mol. The number of fused-ring (bicyclic) bond motifs is 3. The monoisotopic (exact) mass is 245 g/mol. The van der Waals surface area contributed by atoms with Crippen molar-refractivity contribution in [1.29, 1.82) is 0 Å². The van der Waals surface area contributed by atoms with Crippen molar-refractivity contribution in [2.45, 2.75) is 6.54 Å². The van der Waals surface area contributed by atoms with Crippen molar-refractivity contribution in [3.05, 3.63) is 48.5 Å². The quantitative estimate of drug-likeness (QED) is 0.655. The average Bonchev–Trinajstić information content (AvgIpc) is 2.78. The molecule has 0 aliphatic rings. The van der Waals surface area contributed by atoms with Gasteiger partial charge in [-0.2, -0.15) is 0 Å². The van der Waals surface area contributed by atoms with E-state index in [0.717, 1.165) is 11.0 Å². The zero-order valence-corrected chi connectivity index (χ0v) is 10.2. The Bertz CT molecular complexity index is 813. The third-order valence-corrected chi connectivity index (χ3v) is 3.12. The number of benzene rings is 2. The van der Waals surface area contributed by atoms with E-state index in [9.17, 15) is 0 Å². The fourth-order valence-corrected chi connectivity index (χ4v) is 2.36. The Morgan fingerprint density at radius 3 is 2.00 bits per heavy atom. The van der Waals surface area contributed by atoms with Gasteiger partial charge in [0.25, 0.3) is 0 Å². The van der Waals surface area contributed by atoms with Gasteiger partial charge in [-0.15, -0.1) is 0 Å². The standard InChI is InChI=1S/C17H11NO/c19-13-7-1-6-12-18-16-10-4-2-8-14(16)15-9-3-5-11-17(15)18/h2-5,8-11,19H,12H2. The van der Waals surface area contributed by atoms with Gasteiger partial charge in [-0.25, -0.2) is 0 Å². The van der Waals surface area contributed by atoms with E-state index in [1.165, 1.54) is 10.8 Å². The number of aliphatic hydroxyl groups excluding tert-OH is 1. The van der Waals surface area contributed by atoms with E-state index in [-0.39, 0.29) is 0 Å². The molecule has 19 heavy (non-hydrogen) atoms. The molecule has 0 saturated heterocycles. The highest BCUT2D eigenvalue weighted by molar-refractivity contribution is 6.07. The highest BCUT2D eigenvalue weighted by Crippen LogP contribution is 2.28. The molecule has 0 saturated carbocycles. The van der Waals surface area contributed by atoms with Crippen LogP contribution in [0, 0.1) is 23.9 Å². The first-order valence-corrected chi connectivity index (χ1v) is 6.00. The van der Waals surface area contributed by atoms with E-state index < -0.39 is 0 Å². The Hall–Kier alpha value is -2.84. The lowest BCUT2D eigenvalue weighted by Crippen LogP contribution is -1.94. The van der Waals surface area contributed by atoms with Crippen LogP contribution in [0.15, 0.2) is 48.5 Å². The Morgan fingerprint density at radius 1 is 0.842 bits per heavy atom. The topological polar surface area (TPSA) is 25.2 Å². The van der Waals surface area contributed by atoms with Gasteiger partial charge in [0.15, 0.2) is 0 Å². The van der Waals surface area contributed by atoms with E-state index in [4.69, 9.17) is 5.11 Å². The predicted octanol–water partition coefficient (Wildman–Crippen LogP) is 3.13. The minimum absolute atomic E-state index is 0.558. The number of nitrogens with zero attached hydrogens (tertiary/aromatic N) is 1. The molecule has 2 aromatic carbocycles. The summed E-state index contributed by atoms with van der Waals surface area (Å²) in [4.78, 5) is 0. The summed E-state index contributed by atoms with van der Waals surface area (Å²) in [5, 5.41) is 10.9. The van der Waals surface area contributed by atoms with E-state index >= 15 is 0 Å². The molecule has 3 rings (SSSR count). The second-order valence-corrected chi connectivity index (χ2v) is 4.16. The molecule has 0 amide bonds. The summed E-state index contributed by atoms with van der Waals surface area (Å²) in [6.45, 7) is 0.558. The lowest BCUT2D eigenvalue weighted by Gasteiger charge is -2.01. The van der Waals surface area contributed by atoms with Crippen LogP contribution in [0.4, 0.5) is 0 Å². The molecule has 2 nitrogen and oxygen atoms in total. The summed E-state index contributed by atoms with van der Waals surface area (Å²) in [5.41, 5.74) is 2.32. The molecular formula is C17H11NO. The van der Waals surface area contributed by atoms with Crippen molar-refractivity contribution >= 4 is 21.8 Å². The molecule has 3 aromatic rings. The van der Waals surface area contributed by atoms with Gasteiger partial charge in [0.1, 0.15) is 6.11 Å². The molecule has 0 bridgehead atoms. The number of hydrogen-bond donors (Lipinski definition) is 1. The maximum absolute atomic E-state index is 8.40. The first-order chi connectivity index (χ1) is 9.42. The van der Waals surface area contributed by atoms with E-state index in [1.807, 2.05) is 24.3 Å². The fourth-order valence-electron chi connectivity index (χ4n) is 2.36. The number of aliphatic hydroxyl groups is 1. The molecule has 1 heterocycles. The molecule has 2 heteroatoms. The van der Waals surface area contributed by atoms with Crippen LogP contribution in [-0.2, 0) is 6.54 Å². The molecule has 0 aliphatic heterocycles. The fraction of sp³-hybridized carbons (Fsp3) is 0.0588. The van der Waals surface area contributed by atoms with Crippen LogP contribution < -0.4 is 0 Å². The number of rotatable bonds is 1. The third kappa shape index (κ3) is 1.90. The van der Waals surface area contributed by atoms with Gasteiger partial charge in [-0.3, -0.25) is 0 Å². The Labute approximate surface area is 111 Å². The first-order valence-electron chi connectivity index (χ1n) is 6.00. The minimum Gasteiger partial charge on any atom is -0.461 e. The summed E-state index contributed by atoms with van der Waals surface area (Å²) in [5.74, 6) is 7.91. The Kier molecular flexibility index (Phi) is 2.85. The number of aromatic nitrogens is 1. The van der Waals surface area contributed by atoms with Crippen molar-refractivity contribution < 1.29 is 5.11 Å². The summed E-state index contributed by atoms with van der Waals surface area (Å²) in [6, 6.07) is 16.6. The largest absolute Gasteiger partial charge is 0.461 e. The van der Waals surface area contributed by atoms with E-state index in [1.54, 1.807) is 6.11 Å². The molecule has 0 unspecified atom stereocenters. The maximum atomic E-state index is 8.40. The Morgan fingerprint density at radius 2 is 1.42 bits per heavy atom. The van der Waals surface area contributed by atoms with Crippen LogP contribution >= 0.6 is 0 Å². The van der Waals surface area contributed by atoms with Crippen LogP contribution in [0.2, 0.25) is 0 Å². The van der Waals surface area contributed by atoms with Crippen molar-refractivity contribution in [3.8, 4) is 23.9 Å². The zero-order valence-electron chi connectivity index (χ0n) is 10.2. The second-order valence-electron chi connectivity index (χ2n) is 4.16. The SMILES string of the molecule is OC#CC#CCn1c2ccccc2c2ccccc21. The van der Waals surface area contributed by atoms with Crippen molar-refractivity contribution in [2.75, 3.05) is 0 Å². The van der Waals surface area contributed by atoms with Gasteiger partial charge in [0, 0.05) is 27.7 Å². The third-order valence-electron chi connectivity index (χ3n) is 3.12. The number of para-hydroxylation sites is 2.